The molecule has 0 aromatic rings. The predicted octanol–water partition coefficient (Wildman–Crippen LogP) is 8.72. The van der Waals surface area contributed by atoms with Crippen LogP contribution in [0.4, 0.5) is 0 Å². The largest absolute Gasteiger partial charge is 0.568 e. The zero-order chi connectivity index (χ0) is 35.1. The predicted molar refractivity (Wildman–Crippen MR) is 209 cm³/mol. The molecular weight excluding hydrogens is 673 g/mol. The van der Waals surface area contributed by atoms with E-state index in [1.54, 1.807) is 0 Å². The van der Waals surface area contributed by atoms with Gasteiger partial charge in [0.25, 0.3) is 0 Å². The molecule has 16 heteroatoms. The summed E-state index contributed by atoms with van der Waals surface area (Å²) < 4.78 is 42.4. The molecule has 0 saturated carbocycles. The molecular formula is C27H76N2O6Si8. The third kappa shape index (κ3) is 21.8. The van der Waals surface area contributed by atoms with E-state index in [2.05, 4.69) is 156 Å². The summed E-state index contributed by atoms with van der Waals surface area (Å²) >= 11 is 0. The SMILES string of the molecule is CC(C)N(C(C)C)[Si](O[Si](C)(C)C)(O[Si](C)(C)C)O[Si](C)(C)C.CC[Si](O[Si](C)(C)C)(O[Si](C)(C)C)O[Si](C)(C)CNC. The van der Waals surface area contributed by atoms with Crippen molar-refractivity contribution in [3.05, 3.63) is 0 Å². The molecule has 0 heterocycles. The van der Waals surface area contributed by atoms with Crippen molar-refractivity contribution in [2.75, 3.05) is 13.2 Å². The molecule has 0 unspecified atom stereocenters. The van der Waals surface area contributed by atoms with Crippen LogP contribution in [0, 0.1) is 0 Å². The van der Waals surface area contributed by atoms with E-state index in [9.17, 15) is 0 Å². The van der Waals surface area contributed by atoms with Crippen molar-refractivity contribution in [1.82, 2.24) is 9.88 Å². The van der Waals surface area contributed by atoms with E-state index in [1.165, 1.54) is 0 Å². The van der Waals surface area contributed by atoms with Crippen LogP contribution >= 0.6 is 0 Å². The van der Waals surface area contributed by atoms with Crippen molar-refractivity contribution in [2.45, 2.75) is 164 Å². The van der Waals surface area contributed by atoms with E-state index in [4.69, 9.17) is 24.7 Å². The molecule has 0 saturated heterocycles. The van der Waals surface area contributed by atoms with Crippen LogP contribution in [-0.4, -0.2) is 97.5 Å². The van der Waals surface area contributed by atoms with Crippen molar-refractivity contribution < 1.29 is 24.7 Å². The monoisotopic (exact) mass is 748 g/mol. The fourth-order valence-corrected chi connectivity index (χ4v) is 33.5. The van der Waals surface area contributed by atoms with Crippen molar-refractivity contribution >= 4 is 67.7 Å². The number of nitrogens with zero attached hydrogens (tertiary/aromatic N) is 1. The molecule has 0 aliphatic heterocycles. The summed E-state index contributed by atoms with van der Waals surface area (Å²) in [6.07, 6.45) is 0.922. The Morgan fingerprint density at radius 1 is 0.488 bits per heavy atom. The van der Waals surface area contributed by atoms with Crippen molar-refractivity contribution in [3.63, 3.8) is 0 Å². The molecule has 0 amide bonds. The molecule has 0 aromatic carbocycles. The van der Waals surface area contributed by atoms with Gasteiger partial charge in [-0.25, -0.2) is 0 Å². The minimum Gasteiger partial charge on any atom is -0.417 e. The normalized spacial score (nSPS) is 14.9. The molecule has 0 bridgehead atoms. The van der Waals surface area contributed by atoms with Crippen LogP contribution in [-0.2, 0) is 24.7 Å². The maximum absolute atomic E-state index is 6.79. The Balaban J connectivity index is 0. The number of rotatable bonds is 18. The topological polar surface area (TPSA) is 70.7 Å². The van der Waals surface area contributed by atoms with Gasteiger partial charge in [-0.2, -0.15) is 0 Å². The van der Waals surface area contributed by atoms with Gasteiger partial charge < -0.3 is 30.0 Å². The van der Waals surface area contributed by atoms with Gasteiger partial charge in [-0.1, -0.05) is 34.6 Å². The average Bonchev–Trinajstić information content (AvgIpc) is 2.59. The highest BCUT2D eigenvalue weighted by Gasteiger charge is 2.57. The summed E-state index contributed by atoms with van der Waals surface area (Å²) in [5.74, 6) is 0. The van der Waals surface area contributed by atoms with Crippen molar-refractivity contribution in [2.24, 2.45) is 0 Å². The van der Waals surface area contributed by atoms with Crippen LogP contribution in [0.5, 0.6) is 0 Å². The Hall–Kier alpha value is 1.42. The minimum absolute atomic E-state index is 0.325. The first-order valence-electron chi connectivity index (χ1n) is 16.3. The third-order valence-corrected chi connectivity index (χ3v) is 30.1. The molecule has 0 aliphatic rings. The summed E-state index contributed by atoms with van der Waals surface area (Å²) in [5, 5.41) is 3.25. The molecule has 0 atom stereocenters. The highest BCUT2D eigenvalue weighted by atomic mass is 28.5. The zero-order valence-corrected chi connectivity index (χ0v) is 41.0. The van der Waals surface area contributed by atoms with Gasteiger partial charge in [-0.3, -0.25) is 4.57 Å². The fraction of sp³-hybridized carbons (Fsp3) is 1.00. The molecule has 0 radical (unpaired) electrons. The van der Waals surface area contributed by atoms with E-state index < -0.39 is 67.7 Å². The van der Waals surface area contributed by atoms with Gasteiger partial charge in [-0.15, -0.1) is 0 Å². The second kappa shape index (κ2) is 17.2. The van der Waals surface area contributed by atoms with Crippen molar-refractivity contribution in [1.29, 1.82) is 0 Å². The molecule has 8 nitrogen and oxygen atoms in total. The maximum Gasteiger partial charge on any atom is 0.568 e. The molecule has 0 aliphatic carbocycles. The van der Waals surface area contributed by atoms with Crippen molar-refractivity contribution in [3.8, 4) is 0 Å². The van der Waals surface area contributed by atoms with Crippen LogP contribution in [0.15, 0.2) is 0 Å². The molecule has 0 spiro atoms. The van der Waals surface area contributed by atoms with Gasteiger partial charge in [-0.05, 0) is 118 Å². The Kier molecular flexibility index (Phi) is 18.6. The standard InChI is InChI=1S/C15H41NO3Si4.C12H35NO3Si4/c1-14(2)16(15(3)4)23(17-20(5,6)7,18-21(8,9)10)19-22(11,12)13;1-11-20(14-17(3,4)5,15-18(6,7)8)16-19(9,10)12-13-2/h14-15H,1-13H3;13H,11-12H2,1-10H3. The number of hydrogen-bond donors (Lipinski definition) is 1. The van der Waals surface area contributed by atoms with Crippen LogP contribution < -0.4 is 5.32 Å². The first-order valence-corrected chi connectivity index (χ1v) is 40.0. The van der Waals surface area contributed by atoms with E-state index in [1.807, 2.05) is 7.05 Å². The summed E-state index contributed by atoms with van der Waals surface area (Å²) in [4.78, 5) is 0. The summed E-state index contributed by atoms with van der Waals surface area (Å²) in [6, 6.07) is 1.51. The lowest BCUT2D eigenvalue weighted by atomic mass is 10.3. The highest BCUT2D eigenvalue weighted by molar-refractivity contribution is 6.91. The Morgan fingerprint density at radius 3 is 0.953 bits per heavy atom. The quantitative estimate of drug-likeness (QED) is 0.140. The van der Waals surface area contributed by atoms with E-state index in [0.717, 1.165) is 12.2 Å². The number of nitrogens with one attached hydrogen (secondary N) is 1. The lowest BCUT2D eigenvalue weighted by Gasteiger charge is -2.50. The molecule has 262 valence electrons. The Morgan fingerprint density at radius 2 is 0.767 bits per heavy atom. The van der Waals surface area contributed by atoms with Gasteiger partial charge >= 0.3 is 17.8 Å². The van der Waals surface area contributed by atoms with Gasteiger partial charge in [0, 0.05) is 24.3 Å². The second-order valence-electron chi connectivity index (χ2n) is 17.6. The van der Waals surface area contributed by atoms with Gasteiger partial charge in [0.15, 0.2) is 49.9 Å². The van der Waals surface area contributed by atoms with Crippen LogP contribution in [0.25, 0.3) is 0 Å². The van der Waals surface area contributed by atoms with E-state index in [0.29, 0.717) is 12.1 Å². The molecule has 0 rings (SSSR count). The Labute approximate surface area is 278 Å². The first-order chi connectivity index (χ1) is 18.6. The van der Waals surface area contributed by atoms with E-state index >= 15 is 0 Å². The molecule has 0 fully saturated rings. The molecule has 0 aromatic heterocycles. The summed E-state index contributed by atoms with van der Waals surface area (Å²) in [6.45, 7) is 48.9. The summed E-state index contributed by atoms with van der Waals surface area (Å²) in [5.41, 5.74) is 0. The van der Waals surface area contributed by atoms with Crippen LogP contribution in [0.1, 0.15) is 34.6 Å². The zero-order valence-electron chi connectivity index (χ0n) is 33.0. The maximum atomic E-state index is 6.79. The highest BCUT2D eigenvalue weighted by Crippen LogP contribution is 2.32. The first kappa shape index (κ1) is 46.5. The minimum atomic E-state index is -2.94. The average molecular weight is 750 g/mol. The molecule has 1 N–H and O–H groups in total. The Bertz CT molecular complexity index is 737. The smallest absolute Gasteiger partial charge is 0.417 e. The third-order valence-electron chi connectivity index (χ3n) is 5.13. The van der Waals surface area contributed by atoms with Gasteiger partial charge in [0.1, 0.15) is 0 Å². The van der Waals surface area contributed by atoms with Gasteiger partial charge in [0.2, 0.25) is 0 Å². The fourth-order valence-electron chi connectivity index (χ4n) is 4.70. The number of hydrogen-bond acceptors (Lipinski definition) is 8. The van der Waals surface area contributed by atoms with Crippen LogP contribution in [0.3, 0.4) is 0 Å². The van der Waals surface area contributed by atoms with Crippen LogP contribution in [0.2, 0.25) is 117 Å². The lowest BCUT2D eigenvalue weighted by Crippen LogP contribution is -2.72. The summed E-state index contributed by atoms with van der Waals surface area (Å²) in [7, 11) is -14.2. The molecule has 43 heavy (non-hydrogen) atoms. The van der Waals surface area contributed by atoms with E-state index in [-0.39, 0.29) is 0 Å². The lowest BCUT2D eigenvalue weighted by molar-refractivity contribution is 0.114. The van der Waals surface area contributed by atoms with Gasteiger partial charge in [0.05, 0.1) is 0 Å². The second-order valence-corrected chi connectivity index (χ2v) is 51.2.